The van der Waals surface area contributed by atoms with E-state index >= 15 is 0 Å². The van der Waals surface area contributed by atoms with Crippen molar-refractivity contribution in [1.29, 1.82) is 0 Å². The predicted molar refractivity (Wildman–Crippen MR) is 73.2 cm³/mol. The fourth-order valence-corrected chi connectivity index (χ4v) is 2.65. The Balaban J connectivity index is 2.09. The lowest BCUT2D eigenvalue weighted by Gasteiger charge is -2.34. The summed E-state index contributed by atoms with van der Waals surface area (Å²) in [5.74, 6) is 1.26. The topological polar surface area (TPSA) is 35.5 Å². The highest BCUT2D eigenvalue weighted by atomic mass is 16.3. The van der Waals surface area contributed by atoms with E-state index < -0.39 is 0 Å². The molecule has 0 spiro atoms. The standard InChI is InChI=1S/C14H30N2O/c1-12(11-17)6-4-8-15-13(2)14-7-5-9-16(3)10-14/h12-15,17H,4-11H2,1-3H3. The van der Waals surface area contributed by atoms with Crippen molar-refractivity contribution < 1.29 is 5.11 Å². The van der Waals surface area contributed by atoms with Crippen LogP contribution in [0.25, 0.3) is 0 Å². The summed E-state index contributed by atoms with van der Waals surface area (Å²) in [6, 6.07) is 0.627. The Bertz CT molecular complexity index is 199. The molecule has 1 fully saturated rings. The molecule has 0 bridgehead atoms. The van der Waals surface area contributed by atoms with Crippen LogP contribution in [0.2, 0.25) is 0 Å². The molecule has 0 saturated carbocycles. The van der Waals surface area contributed by atoms with Crippen LogP contribution >= 0.6 is 0 Å². The maximum atomic E-state index is 8.95. The molecule has 0 radical (unpaired) electrons. The van der Waals surface area contributed by atoms with Crippen LogP contribution in [0.5, 0.6) is 0 Å². The van der Waals surface area contributed by atoms with Crippen molar-refractivity contribution in [3.8, 4) is 0 Å². The van der Waals surface area contributed by atoms with Crippen LogP contribution in [0.4, 0.5) is 0 Å². The molecule has 3 atom stereocenters. The first-order chi connectivity index (χ1) is 8.13. The molecule has 1 saturated heterocycles. The summed E-state index contributed by atoms with van der Waals surface area (Å²) >= 11 is 0. The Kier molecular flexibility index (Phi) is 7.09. The lowest BCUT2D eigenvalue weighted by molar-refractivity contribution is 0.178. The van der Waals surface area contributed by atoms with Crippen LogP contribution in [0.15, 0.2) is 0 Å². The first kappa shape index (κ1) is 14.9. The molecule has 0 amide bonds. The quantitative estimate of drug-likeness (QED) is 0.667. The molecule has 0 aromatic carbocycles. The van der Waals surface area contributed by atoms with E-state index in [1.54, 1.807) is 0 Å². The Hall–Kier alpha value is -0.120. The third-order valence-corrected chi connectivity index (χ3v) is 4.02. The van der Waals surface area contributed by atoms with Gasteiger partial charge < -0.3 is 15.3 Å². The van der Waals surface area contributed by atoms with E-state index in [-0.39, 0.29) is 0 Å². The maximum absolute atomic E-state index is 8.95. The van der Waals surface area contributed by atoms with E-state index in [1.807, 2.05) is 0 Å². The normalized spacial score (nSPS) is 25.8. The molecule has 3 unspecified atom stereocenters. The van der Waals surface area contributed by atoms with Gasteiger partial charge in [0.15, 0.2) is 0 Å². The molecule has 3 nitrogen and oxygen atoms in total. The molecule has 0 aliphatic carbocycles. The highest BCUT2D eigenvalue weighted by molar-refractivity contribution is 4.79. The van der Waals surface area contributed by atoms with E-state index in [4.69, 9.17) is 5.11 Å². The molecular weight excluding hydrogens is 212 g/mol. The zero-order chi connectivity index (χ0) is 12.7. The van der Waals surface area contributed by atoms with Gasteiger partial charge in [0, 0.05) is 19.2 Å². The van der Waals surface area contributed by atoms with Crippen LogP contribution < -0.4 is 5.32 Å². The number of piperidine rings is 1. The summed E-state index contributed by atoms with van der Waals surface area (Å²) in [4.78, 5) is 2.44. The van der Waals surface area contributed by atoms with Gasteiger partial charge in [-0.05, 0) is 64.6 Å². The number of nitrogens with one attached hydrogen (secondary N) is 1. The lowest BCUT2D eigenvalue weighted by Crippen LogP contribution is -2.43. The Morgan fingerprint density at radius 3 is 2.82 bits per heavy atom. The van der Waals surface area contributed by atoms with E-state index in [0.717, 1.165) is 18.9 Å². The molecule has 2 N–H and O–H groups in total. The summed E-state index contributed by atoms with van der Waals surface area (Å²) in [5, 5.41) is 12.6. The van der Waals surface area contributed by atoms with Gasteiger partial charge in [-0.1, -0.05) is 6.92 Å². The van der Waals surface area contributed by atoms with Gasteiger partial charge >= 0.3 is 0 Å². The second-order valence-corrected chi connectivity index (χ2v) is 5.84. The number of hydrogen-bond acceptors (Lipinski definition) is 3. The van der Waals surface area contributed by atoms with Gasteiger partial charge in [0.2, 0.25) is 0 Å². The summed E-state index contributed by atoms with van der Waals surface area (Å²) in [6.45, 7) is 8.34. The number of hydrogen-bond donors (Lipinski definition) is 2. The minimum atomic E-state index is 0.322. The number of rotatable bonds is 7. The second kappa shape index (κ2) is 8.06. The molecule has 0 aromatic heterocycles. The molecule has 1 rings (SSSR count). The molecule has 17 heavy (non-hydrogen) atoms. The van der Waals surface area contributed by atoms with Gasteiger partial charge in [0.25, 0.3) is 0 Å². The largest absolute Gasteiger partial charge is 0.396 e. The average Bonchev–Trinajstić information content (AvgIpc) is 2.34. The van der Waals surface area contributed by atoms with Crippen LogP contribution in [-0.2, 0) is 0 Å². The van der Waals surface area contributed by atoms with Gasteiger partial charge in [0.05, 0.1) is 0 Å². The summed E-state index contributed by atoms with van der Waals surface area (Å²) in [6.07, 6.45) is 5.01. The zero-order valence-electron chi connectivity index (χ0n) is 11.8. The minimum Gasteiger partial charge on any atom is -0.396 e. The first-order valence-corrected chi connectivity index (χ1v) is 7.16. The second-order valence-electron chi connectivity index (χ2n) is 5.84. The Morgan fingerprint density at radius 1 is 1.41 bits per heavy atom. The maximum Gasteiger partial charge on any atom is 0.0456 e. The van der Waals surface area contributed by atoms with Crippen molar-refractivity contribution in [3.05, 3.63) is 0 Å². The predicted octanol–water partition coefficient (Wildman–Crippen LogP) is 1.71. The molecular formula is C14H30N2O. The van der Waals surface area contributed by atoms with Crippen molar-refractivity contribution in [1.82, 2.24) is 10.2 Å². The fourth-order valence-electron chi connectivity index (χ4n) is 2.65. The third-order valence-electron chi connectivity index (χ3n) is 4.02. The SMILES string of the molecule is CC(CO)CCCNC(C)C1CCCN(C)C1. The number of likely N-dealkylation sites (tertiary alicyclic amines) is 1. The van der Waals surface area contributed by atoms with E-state index in [2.05, 4.69) is 31.1 Å². The summed E-state index contributed by atoms with van der Waals surface area (Å²) in [7, 11) is 2.22. The van der Waals surface area contributed by atoms with E-state index in [1.165, 1.54) is 32.4 Å². The van der Waals surface area contributed by atoms with E-state index in [9.17, 15) is 0 Å². The third kappa shape index (κ3) is 5.84. The van der Waals surface area contributed by atoms with Crippen molar-refractivity contribution in [2.75, 3.05) is 33.3 Å². The van der Waals surface area contributed by atoms with E-state index in [0.29, 0.717) is 18.6 Å². The van der Waals surface area contributed by atoms with Crippen LogP contribution in [0.1, 0.15) is 39.5 Å². The first-order valence-electron chi connectivity index (χ1n) is 7.16. The van der Waals surface area contributed by atoms with Crippen LogP contribution in [-0.4, -0.2) is 49.3 Å². The lowest BCUT2D eigenvalue weighted by atomic mass is 9.92. The number of aliphatic hydroxyl groups excluding tert-OH is 1. The molecule has 1 heterocycles. The van der Waals surface area contributed by atoms with Crippen LogP contribution in [0, 0.1) is 11.8 Å². The van der Waals surface area contributed by atoms with Gasteiger partial charge in [-0.3, -0.25) is 0 Å². The molecule has 3 heteroatoms. The van der Waals surface area contributed by atoms with Crippen molar-refractivity contribution in [2.24, 2.45) is 11.8 Å². The summed E-state index contributed by atoms with van der Waals surface area (Å²) in [5.41, 5.74) is 0. The van der Waals surface area contributed by atoms with Crippen molar-refractivity contribution in [2.45, 2.75) is 45.6 Å². The smallest absolute Gasteiger partial charge is 0.0456 e. The molecule has 1 aliphatic heterocycles. The van der Waals surface area contributed by atoms with Crippen molar-refractivity contribution in [3.63, 3.8) is 0 Å². The van der Waals surface area contributed by atoms with Crippen molar-refractivity contribution >= 4 is 0 Å². The highest BCUT2D eigenvalue weighted by Gasteiger charge is 2.22. The highest BCUT2D eigenvalue weighted by Crippen LogP contribution is 2.18. The Labute approximate surface area is 107 Å². The Morgan fingerprint density at radius 2 is 2.18 bits per heavy atom. The average molecular weight is 242 g/mol. The van der Waals surface area contributed by atoms with Gasteiger partial charge in [-0.2, -0.15) is 0 Å². The zero-order valence-corrected chi connectivity index (χ0v) is 11.8. The van der Waals surface area contributed by atoms with Gasteiger partial charge in [-0.15, -0.1) is 0 Å². The molecule has 0 aromatic rings. The monoisotopic (exact) mass is 242 g/mol. The number of nitrogens with zero attached hydrogens (tertiary/aromatic N) is 1. The molecule has 102 valence electrons. The van der Waals surface area contributed by atoms with Gasteiger partial charge in [0.1, 0.15) is 0 Å². The minimum absolute atomic E-state index is 0.322. The van der Waals surface area contributed by atoms with Gasteiger partial charge in [-0.25, -0.2) is 0 Å². The summed E-state index contributed by atoms with van der Waals surface area (Å²) < 4.78 is 0. The van der Waals surface area contributed by atoms with Crippen LogP contribution in [0.3, 0.4) is 0 Å². The number of aliphatic hydroxyl groups is 1. The molecule has 1 aliphatic rings. The fraction of sp³-hybridized carbons (Fsp3) is 1.00.